The minimum atomic E-state index is -0.275. The van der Waals surface area contributed by atoms with Gasteiger partial charge in [0.25, 0.3) is 0 Å². The van der Waals surface area contributed by atoms with Crippen molar-refractivity contribution in [1.82, 2.24) is 15.4 Å². The molecule has 7 heteroatoms. The van der Waals surface area contributed by atoms with E-state index in [1.807, 2.05) is 11.4 Å². The van der Waals surface area contributed by atoms with E-state index in [1.165, 1.54) is 11.3 Å². The molecule has 1 atom stereocenters. The molecule has 96 valence electrons. The number of aromatic nitrogens is 2. The van der Waals surface area contributed by atoms with Crippen LogP contribution in [0.25, 0.3) is 0 Å². The summed E-state index contributed by atoms with van der Waals surface area (Å²) >= 11 is 1.53. The number of hydrazine groups is 1. The van der Waals surface area contributed by atoms with Crippen LogP contribution in [0.1, 0.15) is 16.6 Å². The largest absolute Gasteiger partial charge is 0.496 e. The van der Waals surface area contributed by atoms with Gasteiger partial charge in [-0.2, -0.15) is 0 Å². The summed E-state index contributed by atoms with van der Waals surface area (Å²) in [6, 6.07) is 1.63. The van der Waals surface area contributed by atoms with Gasteiger partial charge in [-0.05, 0) is 6.07 Å². The number of ether oxygens (including phenoxy) is 2. The summed E-state index contributed by atoms with van der Waals surface area (Å²) < 4.78 is 10.3. The molecular formula is C11H14N4O2S. The molecule has 0 aliphatic carbocycles. The Morgan fingerprint density at radius 1 is 1.28 bits per heavy atom. The summed E-state index contributed by atoms with van der Waals surface area (Å²) in [7, 11) is 3.18. The standard InChI is InChI=1S/C11H14N4O2S/c1-16-7-5-8(18-6-7)9(15-12)10-11(17-2)14-4-3-13-10/h3-6,9,15H,12H2,1-2H3. The van der Waals surface area contributed by atoms with Crippen LogP contribution in [0.3, 0.4) is 0 Å². The maximum atomic E-state index is 5.60. The number of thiophene rings is 1. The second kappa shape index (κ2) is 5.76. The highest BCUT2D eigenvalue weighted by Gasteiger charge is 2.21. The van der Waals surface area contributed by atoms with Crippen molar-refractivity contribution >= 4 is 11.3 Å². The van der Waals surface area contributed by atoms with Gasteiger partial charge in [0.15, 0.2) is 0 Å². The van der Waals surface area contributed by atoms with Crippen molar-refractivity contribution in [2.24, 2.45) is 5.84 Å². The number of methoxy groups -OCH3 is 2. The summed E-state index contributed by atoms with van der Waals surface area (Å²) in [5.74, 6) is 6.85. The monoisotopic (exact) mass is 266 g/mol. The number of hydrogen-bond donors (Lipinski definition) is 2. The molecule has 2 aromatic rings. The van der Waals surface area contributed by atoms with Crippen LogP contribution in [-0.4, -0.2) is 24.2 Å². The topological polar surface area (TPSA) is 82.3 Å². The second-order valence-corrected chi connectivity index (χ2v) is 4.38. The molecule has 0 bridgehead atoms. The van der Waals surface area contributed by atoms with E-state index in [-0.39, 0.29) is 6.04 Å². The van der Waals surface area contributed by atoms with Gasteiger partial charge in [0, 0.05) is 22.7 Å². The number of nitrogens with zero attached hydrogens (tertiary/aromatic N) is 2. The average Bonchev–Trinajstić information content (AvgIpc) is 2.89. The van der Waals surface area contributed by atoms with E-state index in [0.29, 0.717) is 11.6 Å². The predicted molar refractivity (Wildman–Crippen MR) is 68.6 cm³/mol. The maximum Gasteiger partial charge on any atom is 0.237 e. The summed E-state index contributed by atoms with van der Waals surface area (Å²) in [6.07, 6.45) is 3.18. The predicted octanol–water partition coefficient (Wildman–Crippen LogP) is 1.11. The van der Waals surface area contributed by atoms with Gasteiger partial charge >= 0.3 is 0 Å². The third-order valence-corrected chi connectivity index (χ3v) is 3.42. The van der Waals surface area contributed by atoms with Gasteiger partial charge in [-0.15, -0.1) is 11.3 Å². The average molecular weight is 266 g/mol. The van der Waals surface area contributed by atoms with Crippen LogP contribution >= 0.6 is 11.3 Å². The van der Waals surface area contributed by atoms with Crippen molar-refractivity contribution in [2.75, 3.05) is 14.2 Å². The minimum absolute atomic E-state index is 0.275. The fourth-order valence-electron chi connectivity index (χ4n) is 1.58. The molecule has 0 fully saturated rings. The summed E-state index contributed by atoms with van der Waals surface area (Å²) in [5.41, 5.74) is 3.36. The fraction of sp³-hybridized carbons (Fsp3) is 0.273. The molecule has 0 saturated carbocycles. The van der Waals surface area contributed by atoms with E-state index in [0.717, 1.165) is 10.6 Å². The third kappa shape index (κ3) is 2.42. The minimum Gasteiger partial charge on any atom is -0.496 e. The molecule has 0 saturated heterocycles. The highest BCUT2D eigenvalue weighted by atomic mass is 32.1. The van der Waals surface area contributed by atoms with Crippen LogP contribution in [0.4, 0.5) is 0 Å². The van der Waals surface area contributed by atoms with Gasteiger partial charge in [-0.3, -0.25) is 10.8 Å². The number of rotatable bonds is 5. The van der Waals surface area contributed by atoms with E-state index in [1.54, 1.807) is 26.6 Å². The smallest absolute Gasteiger partial charge is 0.237 e. The van der Waals surface area contributed by atoms with Crippen molar-refractivity contribution in [3.05, 3.63) is 34.4 Å². The zero-order chi connectivity index (χ0) is 13.0. The molecule has 0 spiro atoms. The van der Waals surface area contributed by atoms with Gasteiger partial charge in [-0.25, -0.2) is 10.4 Å². The van der Waals surface area contributed by atoms with Gasteiger partial charge in [0.1, 0.15) is 17.5 Å². The van der Waals surface area contributed by atoms with Crippen LogP contribution in [0, 0.1) is 0 Å². The molecule has 0 aromatic carbocycles. The highest BCUT2D eigenvalue weighted by Crippen LogP contribution is 2.32. The first-order valence-corrected chi connectivity index (χ1v) is 6.11. The normalized spacial score (nSPS) is 12.2. The molecule has 6 nitrogen and oxygen atoms in total. The SMILES string of the molecule is COc1csc(C(NN)c2nccnc2OC)c1. The molecule has 0 radical (unpaired) electrons. The quantitative estimate of drug-likeness (QED) is 0.623. The molecule has 0 aliphatic heterocycles. The van der Waals surface area contributed by atoms with Crippen LogP contribution in [0.15, 0.2) is 23.8 Å². The van der Waals surface area contributed by atoms with Gasteiger partial charge in [0.2, 0.25) is 5.88 Å². The lowest BCUT2D eigenvalue weighted by atomic mass is 10.2. The van der Waals surface area contributed by atoms with Crippen molar-refractivity contribution < 1.29 is 9.47 Å². The summed E-state index contributed by atoms with van der Waals surface area (Å²) in [6.45, 7) is 0. The van der Waals surface area contributed by atoms with Crippen LogP contribution in [-0.2, 0) is 0 Å². The molecule has 18 heavy (non-hydrogen) atoms. The second-order valence-electron chi connectivity index (χ2n) is 3.44. The Kier molecular flexibility index (Phi) is 4.08. The van der Waals surface area contributed by atoms with E-state index in [9.17, 15) is 0 Å². The van der Waals surface area contributed by atoms with Crippen molar-refractivity contribution in [2.45, 2.75) is 6.04 Å². The van der Waals surface area contributed by atoms with Crippen molar-refractivity contribution in [3.63, 3.8) is 0 Å². The number of nitrogens with one attached hydrogen (secondary N) is 1. The Balaban J connectivity index is 2.38. The molecular weight excluding hydrogens is 252 g/mol. The molecule has 0 aliphatic rings. The van der Waals surface area contributed by atoms with Gasteiger partial charge < -0.3 is 9.47 Å². The lowest BCUT2D eigenvalue weighted by Crippen LogP contribution is -2.29. The Bertz CT molecular complexity index is 517. The lowest BCUT2D eigenvalue weighted by Gasteiger charge is -2.15. The van der Waals surface area contributed by atoms with Crippen molar-refractivity contribution in [1.29, 1.82) is 0 Å². The molecule has 2 heterocycles. The van der Waals surface area contributed by atoms with Crippen molar-refractivity contribution in [3.8, 4) is 11.6 Å². The number of hydrogen-bond acceptors (Lipinski definition) is 7. The first kappa shape index (κ1) is 12.7. The Morgan fingerprint density at radius 3 is 2.67 bits per heavy atom. The molecule has 0 amide bonds. The zero-order valence-electron chi connectivity index (χ0n) is 10.1. The maximum absolute atomic E-state index is 5.60. The van der Waals surface area contributed by atoms with Gasteiger partial charge in [-0.1, -0.05) is 0 Å². The van der Waals surface area contributed by atoms with Crippen LogP contribution in [0.2, 0.25) is 0 Å². The first-order chi connectivity index (χ1) is 8.80. The number of nitrogens with two attached hydrogens (primary N) is 1. The Labute approximate surface area is 109 Å². The summed E-state index contributed by atoms with van der Waals surface area (Å²) in [4.78, 5) is 9.36. The summed E-state index contributed by atoms with van der Waals surface area (Å²) in [5, 5.41) is 1.91. The fourth-order valence-corrected chi connectivity index (χ4v) is 2.50. The van der Waals surface area contributed by atoms with E-state index in [4.69, 9.17) is 15.3 Å². The molecule has 3 N–H and O–H groups in total. The van der Waals surface area contributed by atoms with Crippen LogP contribution < -0.4 is 20.7 Å². The molecule has 2 aromatic heterocycles. The Morgan fingerprint density at radius 2 is 2.06 bits per heavy atom. The molecule has 1 unspecified atom stereocenters. The zero-order valence-corrected chi connectivity index (χ0v) is 10.9. The van der Waals surface area contributed by atoms with E-state index >= 15 is 0 Å². The van der Waals surface area contributed by atoms with E-state index < -0.39 is 0 Å². The lowest BCUT2D eigenvalue weighted by molar-refractivity contribution is 0.383. The third-order valence-electron chi connectivity index (χ3n) is 2.44. The van der Waals surface area contributed by atoms with E-state index in [2.05, 4.69) is 15.4 Å². The molecule has 2 rings (SSSR count). The Hall–Kier alpha value is -1.70. The highest BCUT2D eigenvalue weighted by molar-refractivity contribution is 7.10. The van der Waals surface area contributed by atoms with Gasteiger partial charge in [0.05, 0.1) is 14.2 Å². The van der Waals surface area contributed by atoms with Crippen LogP contribution in [0.5, 0.6) is 11.6 Å². The first-order valence-electron chi connectivity index (χ1n) is 5.23.